The second kappa shape index (κ2) is 8.88. The Bertz CT molecular complexity index is 949. The van der Waals surface area contributed by atoms with Gasteiger partial charge in [-0.2, -0.15) is 0 Å². The molecular formula is C20H16ClIN2OS. The zero-order chi connectivity index (χ0) is 18.5. The number of nitrogens with one attached hydrogen (secondary N) is 1. The van der Waals surface area contributed by atoms with E-state index in [9.17, 15) is 4.79 Å². The zero-order valence-corrected chi connectivity index (χ0v) is 17.7. The molecule has 0 unspecified atom stereocenters. The van der Waals surface area contributed by atoms with Crippen LogP contribution < -0.4 is 5.32 Å². The van der Waals surface area contributed by atoms with Crippen molar-refractivity contribution in [1.82, 2.24) is 10.3 Å². The summed E-state index contributed by atoms with van der Waals surface area (Å²) in [6.45, 7) is 2.49. The van der Waals surface area contributed by atoms with Gasteiger partial charge in [-0.15, -0.1) is 0 Å². The van der Waals surface area contributed by atoms with E-state index in [4.69, 9.17) is 11.6 Å². The number of carbonyl (C=O) groups excluding carboxylic acids is 1. The first-order valence-electron chi connectivity index (χ1n) is 7.94. The molecule has 1 N–H and O–H groups in total. The van der Waals surface area contributed by atoms with Crippen molar-refractivity contribution < 1.29 is 4.79 Å². The highest BCUT2D eigenvalue weighted by molar-refractivity contribution is 14.1. The number of halogens is 2. The van der Waals surface area contributed by atoms with Crippen molar-refractivity contribution in [3.63, 3.8) is 0 Å². The van der Waals surface area contributed by atoms with Crippen LogP contribution in [0.2, 0.25) is 5.02 Å². The van der Waals surface area contributed by atoms with Crippen LogP contribution in [0.25, 0.3) is 0 Å². The van der Waals surface area contributed by atoms with E-state index >= 15 is 0 Å². The first-order valence-corrected chi connectivity index (χ1v) is 10.2. The Morgan fingerprint density at radius 1 is 1.19 bits per heavy atom. The lowest BCUT2D eigenvalue weighted by Crippen LogP contribution is -2.23. The van der Waals surface area contributed by atoms with E-state index in [0.717, 1.165) is 14.0 Å². The maximum Gasteiger partial charge on any atom is 0.254 e. The molecule has 0 spiro atoms. The summed E-state index contributed by atoms with van der Waals surface area (Å²) in [6.07, 6.45) is 1.70. The summed E-state index contributed by atoms with van der Waals surface area (Å²) in [5, 5.41) is 4.37. The van der Waals surface area contributed by atoms with Gasteiger partial charge in [0.25, 0.3) is 5.91 Å². The Morgan fingerprint density at radius 2 is 2.04 bits per heavy atom. The standard InChI is InChI=1S/C20H16ClIN2OS/c1-13-4-2-5-15(10-13)26-20-16(6-3-9-23-20)19(25)24-12-14-7-8-17(21)18(22)11-14/h2-11H,12H2,1H3,(H,24,25). The highest BCUT2D eigenvalue weighted by Crippen LogP contribution is 2.29. The molecule has 0 aliphatic rings. The van der Waals surface area contributed by atoms with Crippen LogP contribution in [0.15, 0.2) is 70.7 Å². The van der Waals surface area contributed by atoms with Crippen molar-refractivity contribution in [2.24, 2.45) is 0 Å². The quantitative estimate of drug-likeness (QED) is 0.461. The van der Waals surface area contributed by atoms with Crippen LogP contribution in [0.4, 0.5) is 0 Å². The monoisotopic (exact) mass is 494 g/mol. The molecule has 3 nitrogen and oxygen atoms in total. The average Bonchev–Trinajstić information content (AvgIpc) is 2.63. The molecule has 1 heterocycles. The third kappa shape index (κ3) is 4.99. The topological polar surface area (TPSA) is 42.0 Å². The normalized spacial score (nSPS) is 10.6. The molecule has 26 heavy (non-hydrogen) atoms. The third-order valence-corrected chi connectivity index (χ3v) is 6.21. The molecule has 2 aromatic carbocycles. The molecular weight excluding hydrogens is 479 g/mol. The fraction of sp³-hybridized carbons (Fsp3) is 0.100. The highest BCUT2D eigenvalue weighted by atomic mass is 127. The summed E-state index contributed by atoms with van der Waals surface area (Å²) < 4.78 is 0.966. The van der Waals surface area contributed by atoms with Gasteiger partial charge in [-0.3, -0.25) is 4.79 Å². The van der Waals surface area contributed by atoms with Gasteiger partial charge in [0.2, 0.25) is 0 Å². The summed E-state index contributed by atoms with van der Waals surface area (Å²) in [5.41, 5.74) is 2.75. The summed E-state index contributed by atoms with van der Waals surface area (Å²) in [6, 6.07) is 17.4. The van der Waals surface area contributed by atoms with Crippen molar-refractivity contribution in [2.75, 3.05) is 0 Å². The first kappa shape index (κ1) is 19.2. The number of rotatable bonds is 5. The lowest BCUT2D eigenvalue weighted by Gasteiger charge is -2.10. The Labute approximate surface area is 175 Å². The number of pyridine rings is 1. The molecule has 0 bridgehead atoms. The molecule has 0 aliphatic carbocycles. The van der Waals surface area contributed by atoms with Gasteiger partial charge in [0.15, 0.2) is 0 Å². The van der Waals surface area contributed by atoms with Gasteiger partial charge in [0, 0.05) is 21.2 Å². The van der Waals surface area contributed by atoms with Crippen LogP contribution in [-0.2, 0) is 6.54 Å². The van der Waals surface area contributed by atoms with Gasteiger partial charge in [-0.25, -0.2) is 4.98 Å². The highest BCUT2D eigenvalue weighted by Gasteiger charge is 2.13. The molecule has 0 saturated carbocycles. The van der Waals surface area contributed by atoms with Gasteiger partial charge in [-0.05, 0) is 71.5 Å². The molecule has 1 aromatic heterocycles. The third-order valence-electron chi connectivity index (χ3n) is 3.66. The minimum absolute atomic E-state index is 0.141. The average molecular weight is 495 g/mol. The van der Waals surface area contributed by atoms with Crippen LogP contribution in [0.3, 0.4) is 0 Å². The van der Waals surface area contributed by atoms with Gasteiger partial charge < -0.3 is 5.32 Å². The summed E-state index contributed by atoms with van der Waals surface area (Å²) in [5.74, 6) is -0.141. The molecule has 0 fully saturated rings. The van der Waals surface area contributed by atoms with E-state index in [2.05, 4.69) is 39.0 Å². The van der Waals surface area contributed by atoms with Gasteiger partial charge >= 0.3 is 0 Å². The molecule has 0 radical (unpaired) electrons. The fourth-order valence-electron chi connectivity index (χ4n) is 2.36. The number of aryl methyl sites for hydroxylation is 1. The van der Waals surface area contributed by atoms with Crippen molar-refractivity contribution in [1.29, 1.82) is 0 Å². The minimum atomic E-state index is -0.141. The Balaban J connectivity index is 1.74. The van der Waals surface area contributed by atoms with Gasteiger partial charge in [-0.1, -0.05) is 47.1 Å². The van der Waals surface area contributed by atoms with E-state index in [1.807, 2.05) is 43.3 Å². The number of aromatic nitrogens is 1. The lowest BCUT2D eigenvalue weighted by atomic mass is 10.2. The minimum Gasteiger partial charge on any atom is -0.348 e. The number of nitrogens with zero attached hydrogens (tertiary/aromatic N) is 1. The molecule has 0 atom stereocenters. The van der Waals surface area contributed by atoms with E-state index < -0.39 is 0 Å². The number of hydrogen-bond donors (Lipinski definition) is 1. The second-order valence-corrected chi connectivity index (χ2v) is 8.34. The molecule has 0 saturated heterocycles. The maximum absolute atomic E-state index is 12.7. The predicted molar refractivity (Wildman–Crippen MR) is 115 cm³/mol. The fourth-order valence-corrected chi connectivity index (χ4v) is 4.06. The number of amides is 1. The molecule has 1 amide bonds. The van der Waals surface area contributed by atoms with Crippen molar-refractivity contribution in [2.45, 2.75) is 23.4 Å². The van der Waals surface area contributed by atoms with Crippen LogP contribution in [0, 0.1) is 10.5 Å². The van der Waals surface area contributed by atoms with Gasteiger partial charge in [0.05, 0.1) is 10.6 Å². The molecule has 6 heteroatoms. The Kier molecular flexibility index (Phi) is 6.56. The number of benzene rings is 2. The first-order chi connectivity index (χ1) is 12.5. The van der Waals surface area contributed by atoms with E-state index in [0.29, 0.717) is 22.2 Å². The summed E-state index contributed by atoms with van der Waals surface area (Å²) in [4.78, 5) is 18.1. The van der Waals surface area contributed by atoms with Crippen LogP contribution in [0.5, 0.6) is 0 Å². The number of hydrogen-bond acceptors (Lipinski definition) is 3. The smallest absolute Gasteiger partial charge is 0.254 e. The van der Waals surface area contributed by atoms with Crippen molar-refractivity contribution in [3.05, 3.63) is 86.1 Å². The molecule has 3 aromatic rings. The predicted octanol–water partition coefficient (Wildman–Crippen LogP) is 5.73. The van der Waals surface area contributed by atoms with E-state index in [1.165, 1.54) is 17.3 Å². The summed E-state index contributed by atoms with van der Waals surface area (Å²) in [7, 11) is 0. The van der Waals surface area contributed by atoms with Crippen molar-refractivity contribution >= 4 is 51.9 Å². The second-order valence-electron chi connectivity index (χ2n) is 5.71. The molecule has 0 aliphatic heterocycles. The number of carbonyl (C=O) groups is 1. The lowest BCUT2D eigenvalue weighted by molar-refractivity contribution is 0.0947. The maximum atomic E-state index is 12.7. The van der Waals surface area contributed by atoms with Crippen molar-refractivity contribution in [3.8, 4) is 0 Å². The van der Waals surface area contributed by atoms with E-state index in [-0.39, 0.29) is 5.91 Å². The SMILES string of the molecule is Cc1cccc(Sc2ncccc2C(=O)NCc2ccc(Cl)c(I)c2)c1. The molecule has 3 rings (SSSR count). The summed E-state index contributed by atoms with van der Waals surface area (Å²) >= 11 is 9.72. The zero-order valence-electron chi connectivity index (χ0n) is 14.0. The Morgan fingerprint density at radius 3 is 2.81 bits per heavy atom. The van der Waals surface area contributed by atoms with Crippen LogP contribution in [0.1, 0.15) is 21.5 Å². The van der Waals surface area contributed by atoms with Gasteiger partial charge in [0.1, 0.15) is 5.03 Å². The van der Waals surface area contributed by atoms with E-state index in [1.54, 1.807) is 18.3 Å². The van der Waals surface area contributed by atoms with Crippen LogP contribution in [-0.4, -0.2) is 10.9 Å². The Hall–Kier alpha value is -1.57. The molecule has 132 valence electrons. The van der Waals surface area contributed by atoms with Crippen LogP contribution >= 0.6 is 46.0 Å². The largest absolute Gasteiger partial charge is 0.348 e.